The molecule has 2 aromatic rings. The van der Waals surface area contributed by atoms with Gasteiger partial charge in [0.2, 0.25) is 0 Å². The van der Waals surface area contributed by atoms with Crippen LogP contribution in [0.3, 0.4) is 0 Å². The number of benzene rings is 2. The van der Waals surface area contributed by atoms with Gasteiger partial charge in [-0.25, -0.2) is 4.39 Å². The lowest BCUT2D eigenvalue weighted by Crippen LogP contribution is -2.19. The third kappa shape index (κ3) is 2.51. The van der Waals surface area contributed by atoms with Crippen LogP contribution in [0.25, 0.3) is 0 Å². The van der Waals surface area contributed by atoms with Gasteiger partial charge < -0.3 is 9.84 Å². The van der Waals surface area contributed by atoms with Crippen molar-refractivity contribution in [3.8, 4) is 5.75 Å². The minimum atomic E-state index is -0.602. The molecule has 1 aliphatic rings. The largest absolute Gasteiger partial charge is 0.485 e. The van der Waals surface area contributed by atoms with Crippen molar-refractivity contribution in [2.75, 3.05) is 0 Å². The van der Waals surface area contributed by atoms with Crippen LogP contribution in [0.5, 0.6) is 5.75 Å². The SMILES string of the molecule is O[C@H]1CC(c2cccc(F)c2)Oc2ccc(Br)cc21. The van der Waals surface area contributed by atoms with Gasteiger partial charge in [-0.2, -0.15) is 0 Å². The van der Waals surface area contributed by atoms with E-state index in [1.165, 1.54) is 12.1 Å². The fraction of sp³-hybridized carbons (Fsp3) is 0.200. The molecule has 0 saturated carbocycles. The molecule has 98 valence electrons. The van der Waals surface area contributed by atoms with Crippen LogP contribution in [0, 0.1) is 5.82 Å². The van der Waals surface area contributed by atoms with Gasteiger partial charge in [-0.3, -0.25) is 0 Å². The average molecular weight is 323 g/mol. The van der Waals surface area contributed by atoms with Gasteiger partial charge in [-0.05, 0) is 35.9 Å². The normalized spacial score (nSPS) is 21.6. The van der Waals surface area contributed by atoms with E-state index in [1.807, 2.05) is 24.3 Å². The quantitative estimate of drug-likeness (QED) is 0.854. The van der Waals surface area contributed by atoms with Crippen LogP contribution >= 0.6 is 15.9 Å². The van der Waals surface area contributed by atoms with Gasteiger partial charge in [0, 0.05) is 16.5 Å². The first kappa shape index (κ1) is 12.6. The maximum absolute atomic E-state index is 13.2. The second kappa shape index (κ2) is 4.94. The minimum absolute atomic E-state index is 0.294. The molecule has 0 bridgehead atoms. The minimum Gasteiger partial charge on any atom is -0.485 e. The third-order valence-corrected chi connectivity index (χ3v) is 3.75. The van der Waals surface area contributed by atoms with E-state index in [4.69, 9.17) is 4.74 Å². The molecule has 1 heterocycles. The van der Waals surface area contributed by atoms with Crippen LogP contribution < -0.4 is 4.74 Å². The van der Waals surface area contributed by atoms with E-state index in [0.717, 1.165) is 15.6 Å². The summed E-state index contributed by atoms with van der Waals surface area (Å²) < 4.78 is 20.0. The van der Waals surface area contributed by atoms with Crippen LogP contribution in [0.15, 0.2) is 46.9 Å². The second-order valence-electron chi connectivity index (χ2n) is 4.60. The lowest BCUT2D eigenvalue weighted by molar-refractivity contribution is 0.0655. The summed E-state index contributed by atoms with van der Waals surface area (Å²) in [6, 6.07) is 11.8. The Hall–Kier alpha value is -1.39. The van der Waals surface area contributed by atoms with Crippen molar-refractivity contribution in [3.05, 3.63) is 63.9 Å². The molecule has 0 amide bonds. The zero-order valence-electron chi connectivity index (χ0n) is 10.0. The van der Waals surface area contributed by atoms with E-state index >= 15 is 0 Å². The predicted molar refractivity (Wildman–Crippen MR) is 73.5 cm³/mol. The van der Waals surface area contributed by atoms with E-state index in [0.29, 0.717) is 12.2 Å². The molecule has 0 fully saturated rings. The van der Waals surface area contributed by atoms with Crippen molar-refractivity contribution < 1.29 is 14.2 Å². The third-order valence-electron chi connectivity index (χ3n) is 3.26. The maximum Gasteiger partial charge on any atom is 0.127 e. The average Bonchev–Trinajstić information content (AvgIpc) is 2.39. The zero-order valence-corrected chi connectivity index (χ0v) is 11.6. The lowest BCUT2D eigenvalue weighted by Gasteiger charge is -2.30. The van der Waals surface area contributed by atoms with Crippen molar-refractivity contribution in [1.82, 2.24) is 0 Å². The number of aliphatic hydroxyl groups excluding tert-OH is 1. The fourth-order valence-corrected chi connectivity index (χ4v) is 2.71. The highest BCUT2D eigenvalue weighted by atomic mass is 79.9. The number of hydrogen-bond acceptors (Lipinski definition) is 2. The Morgan fingerprint density at radius 1 is 1.21 bits per heavy atom. The monoisotopic (exact) mass is 322 g/mol. The summed E-state index contributed by atoms with van der Waals surface area (Å²) in [5, 5.41) is 10.2. The van der Waals surface area contributed by atoms with Crippen LogP contribution in [-0.2, 0) is 0 Å². The Morgan fingerprint density at radius 3 is 2.84 bits per heavy atom. The molecular weight excluding hydrogens is 311 g/mol. The summed E-state index contributed by atoms with van der Waals surface area (Å²) in [5.41, 5.74) is 1.51. The van der Waals surface area contributed by atoms with Gasteiger partial charge in [0.15, 0.2) is 0 Å². The number of fused-ring (bicyclic) bond motifs is 1. The molecule has 3 rings (SSSR count). The Morgan fingerprint density at radius 2 is 2.05 bits per heavy atom. The molecule has 2 aromatic carbocycles. The molecule has 0 radical (unpaired) electrons. The summed E-state index contributed by atoms with van der Waals surface area (Å²) in [4.78, 5) is 0. The van der Waals surface area contributed by atoms with Crippen molar-refractivity contribution in [1.29, 1.82) is 0 Å². The highest BCUT2D eigenvalue weighted by Gasteiger charge is 2.28. The smallest absolute Gasteiger partial charge is 0.127 e. The van der Waals surface area contributed by atoms with Crippen LogP contribution in [-0.4, -0.2) is 5.11 Å². The van der Waals surface area contributed by atoms with E-state index in [-0.39, 0.29) is 11.9 Å². The molecule has 0 saturated heterocycles. The predicted octanol–water partition coefficient (Wildman–Crippen LogP) is 4.15. The highest BCUT2D eigenvalue weighted by Crippen LogP contribution is 2.41. The Labute approximate surface area is 119 Å². The summed E-state index contributed by atoms with van der Waals surface area (Å²) in [6.07, 6.45) is -0.499. The molecule has 19 heavy (non-hydrogen) atoms. The van der Waals surface area contributed by atoms with Crippen molar-refractivity contribution in [3.63, 3.8) is 0 Å². The Balaban J connectivity index is 1.95. The van der Waals surface area contributed by atoms with Gasteiger partial charge in [0.25, 0.3) is 0 Å². The number of ether oxygens (including phenoxy) is 1. The summed E-state index contributed by atoms with van der Waals surface area (Å²) >= 11 is 3.37. The van der Waals surface area contributed by atoms with E-state index in [1.54, 1.807) is 6.07 Å². The lowest BCUT2D eigenvalue weighted by atomic mass is 9.95. The van der Waals surface area contributed by atoms with E-state index in [9.17, 15) is 9.50 Å². The standard InChI is InChI=1S/C15H12BrFO2/c16-10-4-5-14-12(7-10)13(18)8-15(19-14)9-2-1-3-11(17)6-9/h1-7,13,15,18H,8H2/t13-,15?/m0/s1. The van der Waals surface area contributed by atoms with Gasteiger partial charge in [0.05, 0.1) is 6.10 Å². The van der Waals surface area contributed by atoms with Crippen molar-refractivity contribution in [2.45, 2.75) is 18.6 Å². The molecule has 2 nitrogen and oxygen atoms in total. The van der Waals surface area contributed by atoms with Gasteiger partial charge >= 0.3 is 0 Å². The van der Waals surface area contributed by atoms with E-state index < -0.39 is 6.10 Å². The first-order valence-corrected chi connectivity index (χ1v) is 6.82. The van der Waals surface area contributed by atoms with Crippen LogP contribution in [0.4, 0.5) is 4.39 Å². The molecule has 0 aliphatic carbocycles. The highest BCUT2D eigenvalue weighted by molar-refractivity contribution is 9.10. The number of halogens is 2. The van der Waals surface area contributed by atoms with Gasteiger partial charge in [0.1, 0.15) is 17.7 Å². The van der Waals surface area contributed by atoms with Gasteiger partial charge in [-0.1, -0.05) is 28.1 Å². The summed E-state index contributed by atoms with van der Waals surface area (Å²) in [6.45, 7) is 0. The summed E-state index contributed by atoms with van der Waals surface area (Å²) in [5.74, 6) is 0.355. The topological polar surface area (TPSA) is 29.5 Å². The molecule has 0 spiro atoms. The molecule has 1 N–H and O–H groups in total. The Bertz CT molecular complexity index is 615. The van der Waals surface area contributed by atoms with E-state index in [2.05, 4.69) is 15.9 Å². The van der Waals surface area contributed by atoms with Crippen molar-refractivity contribution in [2.24, 2.45) is 0 Å². The number of rotatable bonds is 1. The first-order chi connectivity index (χ1) is 9.13. The zero-order chi connectivity index (χ0) is 13.4. The van der Waals surface area contributed by atoms with Gasteiger partial charge in [-0.15, -0.1) is 0 Å². The fourth-order valence-electron chi connectivity index (χ4n) is 2.33. The first-order valence-electron chi connectivity index (χ1n) is 6.03. The van der Waals surface area contributed by atoms with Crippen LogP contribution in [0.2, 0.25) is 0 Å². The maximum atomic E-state index is 13.2. The van der Waals surface area contributed by atoms with Crippen LogP contribution in [0.1, 0.15) is 29.8 Å². The molecule has 4 heteroatoms. The Kier molecular flexibility index (Phi) is 3.29. The molecule has 2 atom stereocenters. The molecular formula is C15H12BrFO2. The van der Waals surface area contributed by atoms with Crippen molar-refractivity contribution >= 4 is 15.9 Å². The second-order valence-corrected chi connectivity index (χ2v) is 5.51. The molecule has 1 aliphatic heterocycles. The number of aliphatic hydroxyl groups is 1. The molecule has 0 aromatic heterocycles. The summed E-state index contributed by atoms with van der Waals surface area (Å²) in [7, 11) is 0. The number of hydrogen-bond donors (Lipinski definition) is 1. The molecule has 1 unspecified atom stereocenters.